The SMILES string of the molecule is Cc1ccc(-c2cc(Cl)c(C#N)c(-c3ccc(Oc4ccccc4)cc3)n2)cc1.Cc1ccc(-c2cc3[nH]nc(N)c3c(-c3ccc(Oc4ccccc4)cc3)n2)cc1. The molecule has 3 aromatic heterocycles. The van der Waals surface area contributed by atoms with Gasteiger partial charge in [0, 0.05) is 22.3 Å². The number of nitriles is 1. The summed E-state index contributed by atoms with van der Waals surface area (Å²) < 4.78 is 11.7. The van der Waals surface area contributed by atoms with Gasteiger partial charge in [-0.1, -0.05) is 108 Å². The molecule has 59 heavy (non-hydrogen) atoms. The fourth-order valence-electron chi connectivity index (χ4n) is 6.46. The first-order chi connectivity index (χ1) is 28.8. The van der Waals surface area contributed by atoms with Crippen LogP contribution < -0.4 is 15.2 Å². The highest BCUT2D eigenvalue weighted by Crippen LogP contribution is 2.36. The molecule has 0 bridgehead atoms. The highest BCUT2D eigenvalue weighted by Gasteiger charge is 2.16. The van der Waals surface area contributed by atoms with Gasteiger partial charge in [0.2, 0.25) is 0 Å². The van der Waals surface area contributed by atoms with Crippen molar-refractivity contribution in [2.45, 2.75) is 13.8 Å². The fourth-order valence-corrected chi connectivity index (χ4v) is 6.70. The van der Waals surface area contributed by atoms with Gasteiger partial charge in [-0.25, -0.2) is 9.97 Å². The Morgan fingerprint density at radius 2 is 0.966 bits per heavy atom. The first kappa shape index (κ1) is 38.2. The molecule has 3 heterocycles. The molecule has 0 aliphatic heterocycles. The number of aromatic amines is 1. The Morgan fingerprint density at radius 1 is 0.542 bits per heavy atom. The van der Waals surface area contributed by atoms with Crippen LogP contribution in [0.1, 0.15) is 16.7 Å². The maximum atomic E-state index is 9.61. The molecule has 0 unspecified atom stereocenters. The number of benzene rings is 6. The van der Waals surface area contributed by atoms with Crippen LogP contribution in [0.4, 0.5) is 5.82 Å². The van der Waals surface area contributed by atoms with Crippen LogP contribution in [0.15, 0.2) is 170 Å². The van der Waals surface area contributed by atoms with Crippen molar-refractivity contribution in [3.63, 3.8) is 0 Å². The minimum atomic E-state index is 0.360. The largest absolute Gasteiger partial charge is 0.457 e. The number of anilines is 1. The summed E-state index contributed by atoms with van der Waals surface area (Å²) in [5.41, 5.74) is 16.4. The molecule has 0 radical (unpaired) electrons. The molecule has 0 spiro atoms. The Bertz CT molecular complexity index is 2890. The summed E-state index contributed by atoms with van der Waals surface area (Å²) in [5.74, 6) is 3.47. The van der Waals surface area contributed by atoms with E-state index in [0.717, 1.165) is 67.5 Å². The van der Waals surface area contributed by atoms with Crippen molar-refractivity contribution in [3.05, 3.63) is 192 Å². The maximum absolute atomic E-state index is 9.61. The lowest BCUT2D eigenvalue weighted by molar-refractivity contribution is 0.482. The lowest BCUT2D eigenvalue weighted by atomic mass is 10.0. The molecule has 0 aliphatic rings. The summed E-state index contributed by atoms with van der Waals surface area (Å²) >= 11 is 6.42. The number of hydrogen-bond donors (Lipinski definition) is 2. The second kappa shape index (κ2) is 17.2. The Hall–Kier alpha value is -7.73. The van der Waals surface area contributed by atoms with Crippen molar-refractivity contribution >= 4 is 28.3 Å². The number of H-pyrrole nitrogens is 1. The minimum Gasteiger partial charge on any atom is -0.457 e. The molecule has 9 aromatic rings. The summed E-state index contributed by atoms with van der Waals surface area (Å²) in [4.78, 5) is 9.68. The first-order valence-corrected chi connectivity index (χ1v) is 19.2. The van der Waals surface area contributed by atoms with E-state index in [1.54, 1.807) is 6.07 Å². The summed E-state index contributed by atoms with van der Waals surface area (Å²) in [5, 5.41) is 18.0. The summed E-state index contributed by atoms with van der Waals surface area (Å²) in [6, 6.07) is 56.9. The zero-order valence-corrected chi connectivity index (χ0v) is 33.0. The first-order valence-electron chi connectivity index (χ1n) is 18.9. The number of aromatic nitrogens is 4. The smallest absolute Gasteiger partial charge is 0.155 e. The van der Waals surface area contributed by atoms with Gasteiger partial charge in [-0.05, 0) is 98.8 Å². The van der Waals surface area contributed by atoms with Gasteiger partial charge < -0.3 is 15.2 Å². The van der Waals surface area contributed by atoms with Crippen molar-refractivity contribution in [2.75, 3.05) is 5.73 Å². The average Bonchev–Trinajstić information content (AvgIpc) is 3.65. The van der Waals surface area contributed by atoms with Crippen molar-refractivity contribution in [3.8, 4) is 74.1 Å². The maximum Gasteiger partial charge on any atom is 0.155 e. The molecular weight excluding hydrogens is 752 g/mol. The van der Waals surface area contributed by atoms with Gasteiger partial charge in [0.15, 0.2) is 5.82 Å². The Labute approximate surface area is 347 Å². The Balaban J connectivity index is 0.000000164. The van der Waals surface area contributed by atoms with Gasteiger partial charge in [-0.3, -0.25) is 5.10 Å². The predicted molar refractivity (Wildman–Crippen MR) is 237 cm³/mol. The van der Waals surface area contributed by atoms with Crippen molar-refractivity contribution in [1.29, 1.82) is 5.26 Å². The molecule has 0 atom stereocenters. The molecule has 0 saturated carbocycles. The van der Waals surface area contributed by atoms with E-state index in [-0.39, 0.29) is 0 Å². The summed E-state index contributed by atoms with van der Waals surface area (Å²) in [6.45, 7) is 4.11. The molecule has 6 aromatic carbocycles. The molecule has 0 amide bonds. The van der Waals surface area contributed by atoms with Crippen molar-refractivity contribution in [2.24, 2.45) is 0 Å². The standard InChI is InChI=1S/C25H17ClN2O.C25H20N4O/c1-17-7-9-18(10-8-17)24-15-23(26)22(16-27)25(28-24)19-11-13-21(14-12-19)29-20-5-3-2-4-6-20;1-16-7-9-17(10-8-16)21-15-22-23(25(26)29-28-22)24(27-21)18-11-13-20(14-12-18)30-19-5-3-2-4-6-19/h2-15H,1H3;2-15H,1H3,(H3,26,28,29). The van der Waals surface area contributed by atoms with E-state index in [4.69, 9.17) is 36.8 Å². The number of pyridine rings is 2. The predicted octanol–water partition coefficient (Wildman–Crippen LogP) is 13.0. The van der Waals surface area contributed by atoms with Crippen LogP contribution in [0, 0.1) is 25.2 Å². The Morgan fingerprint density at radius 3 is 1.46 bits per heavy atom. The Kier molecular flexibility index (Phi) is 11.1. The molecule has 286 valence electrons. The van der Waals surface area contributed by atoms with Gasteiger partial charge in [-0.15, -0.1) is 0 Å². The van der Waals surface area contributed by atoms with Crippen LogP contribution in [0.2, 0.25) is 5.02 Å². The number of nitrogen functional groups attached to an aromatic ring is 1. The normalized spacial score (nSPS) is 10.7. The molecule has 9 heteroatoms. The minimum absolute atomic E-state index is 0.360. The van der Waals surface area contributed by atoms with E-state index >= 15 is 0 Å². The number of halogens is 1. The number of rotatable bonds is 8. The van der Waals surface area contributed by atoms with E-state index in [1.807, 2.05) is 146 Å². The van der Waals surface area contributed by atoms with Crippen LogP contribution in [-0.4, -0.2) is 20.2 Å². The van der Waals surface area contributed by atoms with Gasteiger partial charge >= 0.3 is 0 Å². The highest BCUT2D eigenvalue weighted by molar-refractivity contribution is 6.32. The second-order valence-electron chi connectivity index (χ2n) is 13.8. The number of fused-ring (bicyclic) bond motifs is 1. The van der Waals surface area contributed by atoms with E-state index < -0.39 is 0 Å². The third kappa shape index (κ3) is 8.82. The van der Waals surface area contributed by atoms with Crippen LogP contribution in [0.25, 0.3) is 55.9 Å². The number of para-hydroxylation sites is 2. The van der Waals surface area contributed by atoms with Gasteiger partial charge in [0.05, 0.1) is 44.3 Å². The quantitative estimate of drug-likeness (QED) is 0.157. The van der Waals surface area contributed by atoms with Gasteiger partial charge in [0.1, 0.15) is 29.1 Å². The third-order valence-corrected chi connectivity index (χ3v) is 9.86. The summed E-state index contributed by atoms with van der Waals surface area (Å²) in [7, 11) is 0. The molecule has 0 fully saturated rings. The topological polar surface area (TPSA) is 123 Å². The van der Waals surface area contributed by atoms with E-state index in [0.29, 0.717) is 27.8 Å². The number of nitrogens with zero attached hydrogens (tertiary/aromatic N) is 4. The monoisotopic (exact) mass is 788 g/mol. The van der Waals surface area contributed by atoms with E-state index in [2.05, 4.69) is 47.5 Å². The number of hydrogen-bond acceptors (Lipinski definition) is 7. The number of ether oxygens (including phenoxy) is 2. The zero-order chi connectivity index (χ0) is 40.7. The molecule has 8 nitrogen and oxygen atoms in total. The van der Waals surface area contributed by atoms with E-state index in [1.165, 1.54) is 11.1 Å². The fraction of sp³-hybridized carbons (Fsp3) is 0.0400. The van der Waals surface area contributed by atoms with E-state index in [9.17, 15) is 5.26 Å². The average molecular weight is 789 g/mol. The summed E-state index contributed by atoms with van der Waals surface area (Å²) in [6.07, 6.45) is 0. The van der Waals surface area contributed by atoms with Crippen LogP contribution in [0.3, 0.4) is 0 Å². The zero-order valence-electron chi connectivity index (χ0n) is 32.2. The van der Waals surface area contributed by atoms with Crippen LogP contribution in [0.5, 0.6) is 23.0 Å². The third-order valence-electron chi connectivity index (χ3n) is 9.56. The second-order valence-corrected chi connectivity index (χ2v) is 14.2. The number of aryl methyl sites for hydroxylation is 2. The molecule has 3 N–H and O–H groups in total. The van der Waals surface area contributed by atoms with Gasteiger partial charge in [0.25, 0.3) is 0 Å². The van der Waals surface area contributed by atoms with Crippen molar-refractivity contribution in [1.82, 2.24) is 20.2 Å². The molecular formula is C50H37ClN6O2. The molecule has 0 saturated heterocycles. The van der Waals surface area contributed by atoms with Gasteiger partial charge in [-0.2, -0.15) is 10.4 Å². The highest BCUT2D eigenvalue weighted by atomic mass is 35.5. The lowest BCUT2D eigenvalue weighted by Crippen LogP contribution is -1.94. The van der Waals surface area contributed by atoms with Crippen LogP contribution in [-0.2, 0) is 0 Å². The number of nitrogens with one attached hydrogen (secondary N) is 1. The lowest BCUT2D eigenvalue weighted by Gasteiger charge is -2.11. The van der Waals surface area contributed by atoms with Crippen molar-refractivity contribution < 1.29 is 9.47 Å². The molecule has 9 rings (SSSR count). The molecule has 0 aliphatic carbocycles. The van der Waals surface area contributed by atoms with Crippen LogP contribution >= 0.6 is 11.6 Å². The number of nitrogens with two attached hydrogens (primary N) is 1.